The van der Waals surface area contributed by atoms with Gasteiger partial charge in [-0.3, -0.25) is 4.79 Å². The van der Waals surface area contributed by atoms with Crippen molar-refractivity contribution in [3.63, 3.8) is 0 Å². The van der Waals surface area contributed by atoms with Crippen molar-refractivity contribution in [2.45, 2.75) is 6.10 Å². The number of halogens is 1. The number of para-hydroxylation sites is 2. The number of rotatable bonds is 4. The van der Waals surface area contributed by atoms with Crippen LogP contribution in [-0.4, -0.2) is 29.8 Å². The van der Waals surface area contributed by atoms with E-state index in [1.807, 2.05) is 42.5 Å². The summed E-state index contributed by atoms with van der Waals surface area (Å²) in [7, 11) is 0. The van der Waals surface area contributed by atoms with Crippen LogP contribution in [0.3, 0.4) is 0 Å². The number of carbonyl (C=O) groups excluding carboxylic acids is 1. The summed E-state index contributed by atoms with van der Waals surface area (Å²) in [5.74, 6) is 0.280. The molecule has 31 heavy (non-hydrogen) atoms. The van der Waals surface area contributed by atoms with E-state index in [0.29, 0.717) is 26.8 Å². The van der Waals surface area contributed by atoms with Crippen molar-refractivity contribution < 1.29 is 18.7 Å². The maximum atomic E-state index is 13.6. The van der Waals surface area contributed by atoms with E-state index in [1.54, 1.807) is 24.4 Å². The zero-order valence-corrected chi connectivity index (χ0v) is 17.0. The number of benzene rings is 3. The van der Waals surface area contributed by atoms with Crippen molar-refractivity contribution in [2.24, 2.45) is 5.10 Å². The van der Waals surface area contributed by atoms with E-state index in [2.05, 4.69) is 10.1 Å². The molecule has 1 amide bonds. The van der Waals surface area contributed by atoms with E-state index < -0.39 is 12.0 Å². The van der Waals surface area contributed by atoms with Crippen LogP contribution in [0.1, 0.15) is 5.56 Å². The lowest BCUT2D eigenvalue weighted by Crippen LogP contribution is -2.44. The summed E-state index contributed by atoms with van der Waals surface area (Å²) in [6.07, 6.45) is 0.675. The molecule has 4 aromatic rings. The maximum absolute atomic E-state index is 13.6. The third-order valence-electron chi connectivity index (χ3n) is 4.64. The number of ether oxygens (including phenoxy) is 2. The van der Waals surface area contributed by atoms with E-state index >= 15 is 0 Å². The molecule has 2 heterocycles. The van der Waals surface area contributed by atoms with Gasteiger partial charge in [0.05, 0.1) is 16.4 Å². The van der Waals surface area contributed by atoms with Gasteiger partial charge in [-0.2, -0.15) is 10.1 Å². The standard InChI is InChI=1S/C23H16FN3O3S/c24-16-10-11-17-21(12-16)31-23(26-17)27(25-13-15-6-2-1-3-7-15)22(28)20-14-29-18-8-4-5-9-19(18)30-20/h1-13,20H,14H2/b25-13+. The zero-order chi connectivity index (χ0) is 21.2. The highest BCUT2D eigenvalue weighted by atomic mass is 32.1. The highest BCUT2D eigenvalue weighted by Gasteiger charge is 2.33. The minimum Gasteiger partial charge on any atom is -0.485 e. The molecule has 0 bridgehead atoms. The molecule has 1 aromatic heterocycles. The van der Waals surface area contributed by atoms with Crippen molar-refractivity contribution >= 4 is 38.8 Å². The number of amides is 1. The van der Waals surface area contributed by atoms with Crippen LogP contribution in [0, 0.1) is 5.82 Å². The minimum atomic E-state index is -0.897. The Kier molecular flexibility index (Phi) is 5.05. The molecule has 6 nitrogen and oxygen atoms in total. The fraction of sp³-hybridized carbons (Fsp3) is 0.0870. The van der Waals surface area contributed by atoms with Gasteiger partial charge in [0.1, 0.15) is 12.4 Å². The molecule has 0 spiro atoms. The number of carbonyl (C=O) groups is 1. The summed E-state index contributed by atoms with van der Waals surface area (Å²) in [5.41, 5.74) is 1.40. The SMILES string of the molecule is O=C(C1COc2ccccc2O1)N(/N=C/c1ccccc1)c1nc2ccc(F)cc2s1. The van der Waals surface area contributed by atoms with Crippen molar-refractivity contribution in [1.82, 2.24) is 4.98 Å². The summed E-state index contributed by atoms with van der Waals surface area (Å²) in [6, 6.07) is 20.9. The Morgan fingerprint density at radius 1 is 1.10 bits per heavy atom. The molecule has 0 N–H and O–H groups in total. The van der Waals surface area contributed by atoms with Crippen molar-refractivity contribution in [2.75, 3.05) is 11.6 Å². The normalized spacial score (nSPS) is 15.3. The highest BCUT2D eigenvalue weighted by molar-refractivity contribution is 7.22. The van der Waals surface area contributed by atoms with Gasteiger partial charge in [-0.1, -0.05) is 53.8 Å². The maximum Gasteiger partial charge on any atom is 0.294 e. The number of anilines is 1. The first-order chi connectivity index (χ1) is 15.2. The summed E-state index contributed by atoms with van der Waals surface area (Å²) in [5, 5.41) is 5.90. The van der Waals surface area contributed by atoms with Crippen LogP contribution in [-0.2, 0) is 4.79 Å². The molecule has 0 aliphatic carbocycles. The van der Waals surface area contributed by atoms with E-state index in [-0.39, 0.29) is 12.4 Å². The molecule has 1 atom stereocenters. The number of fused-ring (bicyclic) bond motifs is 2. The molecule has 1 unspecified atom stereocenters. The van der Waals surface area contributed by atoms with Gasteiger partial charge in [0.2, 0.25) is 11.2 Å². The lowest BCUT2D eigenvalue weighted by atomic mass is 10.2. The van der Waals surface area contributed by atoms with Gasteiger partial charge in [-0.15, -0.1) is 0 Å². The van der Waals surface area contributed by atoms with E-state index in [1.165, 1.54) is 28.5 Å². The van der Waals surface area contributed by atoms with Crippen molar-refractivity contribution in [3.05, 3.63) is 84.2 Å². The van der Waals surface area contributed by atoms with Gasteiger partial charge >= 0.3 is 0 Å². The first kappa shape index (κ1) is 19.2. The van der Waals surface area contributed by atoms with E-state index in [4.69, 9.17) is 9.47 Å². The van der Waals surface area contributed by atoms with Crippen molar-refractivity contribution in [3.8, 4) is 11.5 Å². The van der Waals surface area contributed by atoms with Gasteiger partial charge in [0, 0.05) is 0 Å². The Labute approximate surface area is 181 Å². The van der Waals surface area contributed by atoms with Gasteiger partial charge in [0.25, 0.3) is 5.91 Å². The summed E-state index contributed by atoms with van der Waals surface area (Å²) >= 11 is 1.18. The average molecular weight is 433 g/mol. The molecule has 1 aliphatic rings. The first-order valence-electron chi connectivity index (χ1n) is 9.55. The molecular weight excluding hydrogens is 417 g/mol. The quantitative estimate of drug-likeness (QED) is 0.347. The molecule has 3 aromatic carbocycles. The highest BCUT2D eigenvalue weighted by Crippen LogP contribution is 2.33. The Hall–Kier alpha value is -3.78. The lowest BCUT2D eigenvalue weighted by molar-refractivity contribution is -0.127. The monoisotopic (exact) mass is 433 g/mol. The minimum absolute atomic E-state index is 0.0483. The number of aromatic nitrogens is 1. The fourth-order valence-electron chi connectivity index (χ4n) is 3.12. The number of thiazole rings is 1. The molecule has 154 valence electrons. The van der Waals surface area contributed by atoms with Crippen LogP contribution >= 0.6 is 11.3 Å². The van der Waals surface area contributed by atoms with Crippen LogP contribution < -0.4 is 14.5 Å². The number of hydrazone groups is 1. The second-order valence-electron chi connectivity index (χ2n) is 6.78. The van der Waals surface area contributed by atoms with Crippen LogP contribution in [0.2, 0.25) is 0 Å². The second kappa shape index (κ2) is 8.16. The summed E-state index contributed by atoms with van der Waals surface area (Å²) in [4.78, 5) is 17.8. The molecule has 5 rings (SSSR count). The Bertz CT molecular complexity index is 1280. The predicted molar refractivity (Wildman–Crippen MR) is 117 cm³/mol. The molecule has 1 aliphatic heterocycles. The summed E-state index contributed by atoms with van der Waals surface area (Å²) < 4.78 is 25.8. The molecule has 0 fully saturated rings. The Morgan fingerprint density at radius 3 is 2.71 bits per heavy atom. The molecule has 8 heteroatoms. The fourth-order valence-corrected chi connectivity index (χ4v) is 4.07. The Morgan fingerprint density at radius 2 is 1.87 bits per heavy atom. The third-order valence-corrected chi connectivity index (χ3v) is 5.63. The second-order valence-corrected chi connectivity index (χ2v) is 7.79. The molecular formula is C23H16FN3O3S. The zero-order valence-electron chi connectivity index (χ0n) is 16.1. The van der Waals surface area contributed by atoms with E-state index in [0.717, 1.165) is 5.56 Å². The third kappa shape index (κ3) is 3.97. The molecule has 0 saturated heterocycles. The van der Waals surface area contributed by atoms with Crippen molar-refractivity contribution in [1.29, 1.82) is 0 Å². The van der Waals surface area contributed by atoms with Crippen LogP contribution in [0.25, 0.3) is 10.2 Å². The van der Waals surface area contributed by atoms with Crippen LogP contribution in [0.4, 0.5) is 9.52 Å². The smallest absolute Gasteiger partial charge is 0.294 e. The van der Waals surface area contributed by atoms with Crippen LogP contribution in [0.15, 0.2) is 77.9 Å². The van der Waals surface area contributed by atoms with Gasteiger partial charge in [-0.25, -0.2) is 9.37 Å². The van der Waals surface area contributed by atoms with Gasteiger partial charge in [-0.05, 0) is 35.9 Å². The van der Waals surface area contributed by atoms with Gasteiger partial charge in [0.15, 0.2) is 11.5 Å². The predicted octanol–water partition coefficient (Wildman–Crippen LogP) is 4.64. The number of hydrogen-bond donors (Lipinski definition) is 0. The first-order valence-corrected chi connectivity index (χ1v) is 10.4. The number of hydrogen-bond acceptors (Lipinski definition) is 6. The van der Waals surface area contributed by atoms with E-state index in [9.17, 15) is 9.18 Å². The summed E-state index contributed by atoms with van der Waals surface area (Å²) in [6.45, 7) is 0.0483. The molecule has 0 saturated carbocycles. The topological polar surface area (TPSA) is 64.0 Å². The largest absolute Gasteiger partial charge is 0.485 e. The average Bonchev–Trinajstić information content (AvgIpc) is 3.22. The van der Waals surface area contributed by atoms with Gasteiger partial charge < -0.3 is 9.47 Å². The molecule has 0 radical (unpaired) electrons. The van der Waals surface area contributed by atoms with Crippen LogP contribution in [0.5, 0.6) is 11.5 Å². The lowest BCUT2D eigenvalue weighted by Gasteiger charge is -2.27. The Balaban J connectivity index is 1.50. The number of nitrogens with zero attached hydrogens (tertiary/aromatic N) is 3.